The first-order valence-corrected chi connectivity index (χ1v) is 5.69. The molecule has 0 N–H and O–H groups in total. The van der Waals surface area contributed by atoms with Crippen molar-refractivity contribution in [1.29, 1.82) is 0 Å². The number of carbonyl (C=O) groups excluding carboxylic acids is 1. The van der Waals surface area contributed by atoms with Gasteiger partial charge in [0.15, 0.2) is 0 Å². The molecule has 0 rings (SSSR count). The molecule has 0 saturated carbocycles. The minimum absolute atomic E-state index is 0.276. The topological polar surface area (TPSA) is 26.3 Å². The monoisotopic (exact) mass is 224 g/mol. The van der Waals surface area contributed by atoms with E-state index in [1.165, 1.54) is 6.42 Å². The maximum Gasteiger partial charge on any atom is 0.333 e. The standard InChI is InChI=1S/C11H16O2.C3H8/c1-5-9(4)11(12)13-8-10(6-2)7-3;1-3-2/h6-7H,2,4-5,8H2,1,3H3;3H2,1-2H3/b10-7+;. The van der Waals surface area contributed by atoms with Gasteiger partial charge < -0.3 is 4.74 Å². The number of esters is 1. The van der Waals surface area contributed by atoms with Crippen LogP contribution in [0.25, 0.3) is 0 Å². The van der Waals surface area contributed by atoms with E-state index in [1.807, 2.05) is 19.9 Å². The zero-order valence-electron chi connectivity index (χ0n) is 11.0. The highest BCUT2D eigenvalue weighted by molar-refractivity contribution is 5.87. The highest BCUT2D eigenvalue weighted by atomic mass is 16.5. The van der Waals surface area contributed by atoms with E-state index < -0.39 is 0 Å². The zero-order chi connectivity index (χ0) is 13.0. The van der Waals surface area contributed by atoms with Crippen molar-refractivity contribution in [2.45, 2.75) is 40.5 Å². The SMILES string of the molecule is C=C/C(=C\C)COC(=O)C(=C)CC.CCC. The molecule has 0 bridgehead atoms. The lowest BCUT2D eigenvalue weighted by Crippen LogP contribution is -2.08. The molecule has 0 aromatic heterocycles. The van der Waals surface area contributed by atoms with Crippen LogP contribution in [0, 0.1) is 0 Å². The molecule has 0 aliphatic carbocycles. The second-order valence-corrected chi connectivity index (χ2v) is 3.31. The van der Waals surface area contributed by atoms with Crippen LogP contribution in [-0.2, 0) is 9.53 Å². The predicted octanol–water partition coefficient (Wildman–Crippen LogP) is 4.04. The molecule has 0 unspecified atom stereocenters. The van der Waals surface area contributed by atoms with Gasteiger partial charge in [-0.15, -0.1) is 0 Å². The Morgan fingerprint density at radius 3 is 2.12 bits per heavy atom. The van der Waals surface area contributed by atoms with Gasteiger partial charge in [-0.25, -0.2) is 4.79 Å². The van der Waals surface area contributed by atoms with Gasteiger partial charge in [-0.2, -0.15) is 0 Å². The van der Waals surface area contributed by atoms with Crippen molar-refractivity contribution in [2.24, 2.45) is 0 Å². The van der Waals surface area contributed by atoms with Gasteiger partial charge in [0.05, 0.1) is 0 Å². The third-order valence-corrected chi connectivity index (χ3v) is 1.72. The van der Waals surface area contributed by atoms with Crippen LogP contribution in [0.4, 0.5) is 0 Å². The highest BCUT2D eigenvalue weighted by Gasteiger charge is 2.05. The fourth-order valence-electron chi connectivity index (χ4n) is 0.655. The Hall–Kier alpha value is -1.31. The summed E-state index contributed by atoms with van der Waals surface area (Å²) in [5.41, 5.74) is 1.40. The molecule has 0 heterocycles. The van der Waals surface area contributed by atoms with Gasteiger partial charge in [0.25, 0.3) is 0 Å². The van der Waals surface area contributed by atoms with Crippen molar-refractivity contribution in [3.8, 4) is 0 Å². The maximum atomic E-state index is 11.1. The third kappa shape index (κ3) is 9.25. The summed E-state index contributed by atoms with van der Waals surface area (Å²) in [6, 6.07) is 0. The van der Waals surface area contributed by atoms with E-state index in [4.69, 9.17) is 4.74 Å². The molecule has 0 amide bonds. The minimum atomic E-state index is -0.330. The van der Waals surface area contributed by atoms with E-state index in [-0.39, 0.29) is 12.6 Å². The first kappa shape index (κ1) is 17.1. The van der Waals surface area contributed by atoms with Gasteiger partial charge >= 0.3 is 5.97 Å². The molecule has 0 saturated heterocycles. The van der Waals surface area contributed by atoms with Gasteiger partial charge in [0, 0.05) is 5.57 Å². The molecule has 2 heteroatoms. The average Bonchev–Trinajstić information content (AvgIpc) is 2.30. The quantitative estimate of drug-likeness (QED) is 0.400. The van der Waals surface area contributed by atoms with Gasteiger partial charge in [0.1, 0.15) is 6.61 Å². The Morgan fingerprint density at radius 1 is 1.31 bits per heavy atom. The normalized spacial score (nSPS) is 9.88. The van der Waals surface area contributed by atoms with Gasteiger partial charge in [-0.05, 0) is 18.9 Å². The van der Waals surface area contributed by atoms with Crippen LogP contribution in [0.2, 0.25) is 0 Å². The Balaban J connectivity index is 0. The van der Waals surface area contributed by atoms with Crippen molar-refractivity contribution in [1.82, 2.24) is 0 Å². The second-order valence-electron chi connectivity index (χ2n) is 3.31. The Labute approximate surface area is 99.7 Å². The molecule has 0 aliphatic heterocycles. The summed E-state index contributed by atoms with van der Waals surface area (Å²) in [4.78, 5) is 11.1. The van der Waals surface area contributed by atoms with Crippen molar-refractivity contribution in [2.75, 3.05) is 6.61 Å². The van der Waals surface area contributed by atoms with Gasteiger partial charge in [-0.3, -0.25) is 0 Å². The molecule has 16 heavy (non-hydrogen) atoms. The molecule has 0 aromatic carbocycles. The van der Waals surface area contributed by atoms with Crippen molar-refractivity contribution < 1.29 is 9.53 Å². The summed E-state index contributed by atoms with van der Waals surface area (Å²) < 4.78 is 4.96. The summed E-state index contributed by atoms with van der Waals surface area (Å²) in [7, 11) is 0. The molecular weight excluding hydrogens is 200 g/mol. The molecule has 0 radical (unpaired) electrons. The van der Waals surface area contributed by atoms with E-state index >= 15 is 0 Å². The first-order chi connectivity index (χ1) is 7.56. The number of hydrogen-bond acceptors (Lipinski definition) is 2. The largest absolute Gasteiger partial charge is 0.457 e. The van der Waals surface area contributed by atoms with E-state index in [0.717, 1.165) is 5.57 Å². The molecule has 92 valence electrons. The van der Waals surface area contributed by atoms with Crippen LogP contribution in [0.5, 0.6) is 0 Å². The lowest BCUT2D eigenvalue weighted by atomic mass is 10.2. The van der Waals surface area contributed by atoms with Gasteiger partial charge in [-0.1, -0.05) is 52.5 Å². The Kier molecular flexibility index (Phi) is 12.6. The molecule has 0 fully saturated rings. The zero-order valence-corrected chi connectivity index (χ0v) is 11.0. The van der Waals surface area contributed by atoms with E-state index in [0.29, 0.717) is 12.0 Å². The molecule has 0 spiro atoms. The Bertz CT molecular complexity index is 249. The second kappa shape index (κ2) is 11.8. The summed E-state index contributed by atoms with van der Waals surface area (Å²) >= 11 is 0. The molecular formula is C14H24O2. The number of carbonyl (C=O) groups is 1. The number of allylic oxidation sites excluding steroid dienone is 1. The summed E-state index contributed by atoms with van der Waals surface area (Å²) in [5.74, 6) is -0.330. The maximum absolute atomic E-state index is 11.1. The van der Waals surface area contributed by atoms with Crippen LogP contribution < -0.4 is 0 Å². The number of rotatable bonds is 5. The molecule has 0 atom stereocenters. The van der Waals surface area contributed by atoms with E-state index in [9.17, 15) is 4.79 Å². The van der Waals surface area contributed by atoms with Gasteiger partial charge in [0.2, 0.25) is 0 Å². The van der Waals surface area contributed by atoms with E-state index in [2.05, 4.69) is 27.0 Å². The van der Waals surface area contributed by atoms with Crippen molar-refractivity contribution in [3.05, 3.63) is 36.5 Å². The number of ether oxygens (including phenoxy) is 1. The molecule has 2 nitrogen and oxygen atoms in total. The smallest absolute Gasteiger partial charge is 0.333 e. The predicted molar refractivity (Wildman–Crippen MR) is 70.3 cm³/mol. The number of hydrogen-bond donors (Lipinski definition) is 0. The Morgan fingerprint density at radius 2 is 1.81 bits per heavy atom. The molecule has 0 aliphatic rings. The van der Waals surface area contributed by atoms with Crippen LogP contribution in [-0.4, -0.2) is 12.6 Å². The highest BCUT2D eigenvalue weighted by Crippen LogP contribution is 2.02. The first-order valence-electron chi connectivity index (χ1n) is 5.69. The van der Waals surface area contributed by atoms with Crippen LogP contribution in [0.3, 0.4) is 0 Å². The fourth-order valence-corrected chi connectivity index (χ4v) is 0.655. The fraction of sp³-hybridized carbons (Fsp3) is 0.500. The van der Waals surface area contributed by atoms with Crippen molar-refractivity contribution >= 4 is 5.97 Å². The molecule has 0 aromatic rings. The van der Waals surface area contributed by atoms with Crippen LogP contribution >= 0.6 is 0 Å². The van der Waals surface area contributed by atoms with Crippen LogP contribution in [0.15, 0.2) is 36.5 Å². The van der Waals surface area contributed by atoms with Crippen LogP contribution in [0.1, 0.15) is 40.5 Å². The van der Waals surface area contributed by atoms with E-state index in [1.54, 1.807) is 6.08 Å². The summed E-state index contributed by atoms with van der Waals surface area (Å²) in [6.07, 6.45) is 5.40. The lowest BCUT2D eigenvalue weighted by Gasteiger charge is -2.05. The van der Waals surface area contributed by atoms with Crippen molar-refractivity contribution in [3.63, 3.8) is 0 Å². The lowest BCUT2D eigenvalue weighted by molar-refractivity contribution is -0.138. The summed E-state index contributed by atoms with van der Waals surface area (Å²) in [5, 5.41) is 0. The minimum Gasteiger partial charge on any atom is -0.457 e. The summed E-state index contributed by atoms with van der Waals surface area (Å²) in [6.45, 7) is 15.4. The third-order valence-electron chi connectivity index (χ3n) is 1.72. The average molecular weight is 224 g/mol.